The number of hydrogen-bond donors (Lipinski definition) is 1. The van der Waals surface area contributed by atoms with Crippen molar-refractivity contribution in [1.82, 2.24) is 4.98 Å². The second kappa shape index (κ2) is 8.50. The molecule has 5 nitrogen and oxygen atoms in total. The van der Waals surface area contributed by atoms with Gasteiger partial charge in [0.05, 0.1) is 18.5 Å². The molecule has 5 aromatic rings. The molecule has 0 unspecified atom stereocenters. The Morgan fingerprint density at radius 3 is 2.81 bits per heavy atom. The number of anilines is 1. The van der Waals surface area contributed by atoms with Gasteiger partial charge in [-0.3, -0.25) is 0 Å². The number of methoxy groups -OCH3 is 1. The van der Waals surface area contributed by atoms with Crippen LogP contribution in [0, 0.1) is 11.3 Å². The van der Waals surface area contributed by atoms with Gasteiger partial charge < -0.3 is 14.5 Å². The van der Waals surface area contributed by atoms with Crippen LogP contribution in [-0.4, -0.2) is 12.1 Å². The van der Waals surface area contributed by atoms with Crippen molar-refractivity contribution in [2.24, 2.45) is 0 Å². The maximum Gasteiger partial charge on any atom is 0.143 e. The summed E-state index contributed by atoms with van der Waals surface area (Å²) in [6, 6.07) is 21.9. The third kappa shape index (κ3) is 3.75. The number of halogens is 1. The van der Waals surface area contributed by atoms with Gasteiger partial charge in [0.15, 0.2) is 0 Å². The van der Waals surface area contributed by atoms with E-state index in [4.69, 9.17) is 9.15 Å². The molecule has 5 rings (SSSR count). The minimum Gasteiger partial charge on any atom is -0.495 e. The number of furan rings is 1. The molecule has 2 heterocycles. The van der Waals surface area contributed by atoms with Gasteiger partial charge in [-0.1, -0.05) is 46.3 Å². The highest BCUT2D eigenvalue weighted by atomic mass is 79.9. The molecule has 0 saturated carbocycles. The number of benzene rings is 3. The first-order chi connectivity index (χ1) is 15.7. The smallest absolute Gasteiger partial charge is 0.143 e. The topological polar surface area (TPSA) is 71.1 Å². The standard InChI is InChI=1S/C25H16BrN3O2S/c1-30-24-10-19-18-7-2-3-8-22(18)31-23(19)11-20(24)28-13-16(12-27)25-29-21(14-32-25)15-5-4-6-17(26)9-15/h2-11,13-14,28H,1H3/b16-13+. The van der Waals surface area contributed by atoms with Crippen molar-refractivity contribution in [3.8, 4) is 23.1 Å². The van der Waals surface area contributed by atoms with Crippen molar-refractivity contribution < 1.29 is 9.15 Å². The molecule has 0 spiro atoms. The van der Waals surface area contributed by atoms with Crippen LogP contribution in [0.5, 0.6) is 5.75 Å². The van der Waals surface area contributed by atoms with Crippen molar-refractivity contribution in [2.75, 3.05) is 12.4 Å². The number of aromatic nitrogens is 1. The number of hydrogen-bond acceptors (Lipinski definition) is 6. The van der Waals surface area contributed by atoms with Gasteiger partial charge in [0, 0.05) is 38.5 Å². The average Bonchev–Trinajstić information content (AvgIpc) is 3.44. The van der Waals surface area contributed by atoms with Crippen LogP contribution < -0.4 is 10.1 Å². The first-order valence-electron chi connectivity index (χ1n) is 9.74. The summed E-state index contributed by atoms with van der Waals surface area (Å²) in [7, 11) is 1.62. The first kappa shape index (κ1) is 20.3. The Labute approximate surface area is 196 Å². The van der Waals surface area contributed by atoms with Crippen LogP contribution >= 0.6 is 27.3 Å². The Hall–Kier alpha value is -3.60. The Kier molecular flexibility index (Phi) is 5.39. The number of rotatable bonds is 5. The van der Waals surface area contributed by atoms with Crippen molar-refractivity contribution >= 4 is 60.5 Å². The molecule has 0 bridgehead atoms. The van der Waals surface area contributed by atoms with Crippen LogP contribution in [0.25, 0.3) is 38.8 Å². The van der Waals surface area contributed by atoms with Gasteiger partial charge in [0.25, 0.3) is 0 Å². The third-order valence-electron chi connectivity index (χ3n) is 5.05. The lowest BCUT2D eigenvalue weighted by Crippen LogP contribution is -1.95. The van der Waals surface area contributed by atoms with Crippen LogP contribution in [0.15, 0.2) is 81.1 Å². The minimum atomic E-state index is 0.433. The zero-order chi connectivity index (χ0) is 22.1. The van der Waals surface area contributed by atoms with E-state index in [1.54, 1.807) is 13.3 Å². The van der Waals surface area contributed by atoms with Gasteiger partial charge >= 0.3 is 0 Å². The van der Waals surface area contributed by atoms with E-state index in [1.807, 2.05) is 66.0 Å². The lowest BCUT2D eigenvalue weighted by Gasteiger charge is -2.08. The molecule has 32 heavy (non-hydrogen) atoms. The third-order valence-corrected chi connectivity index (χ3v) is 6.42. The molecule has 2 aromatic heterocycles. The summed E-state index contributed by atoms with van der Waals surface area (Å²) in [6.07, 6.45) is 1.65. The Morgan fingerprint density at radius 2 is 2.00 bits per heavy atom. The Morgan fingerprint density at radius 1 is 1.12 bits per heavy atom. The molecule has 0 radical (unpaired) electrons. The number of ether oxygens (including phenoxy) is 1. The molecule has 0 aliphatic heterocycles. The molecule has 1 N–H and O–H groups in total. The fourth-order valence-corrected chi connectivity index (χ4v) is 4.70. The van der Waals surface area contributed by atoms with Crippen LogP contribution in [0.4, 0.5) is 5.69 Å². The van der Waals surface area contributed by atoms with Crippen LogP contribution in [0.1, 0.15) is 5.01 Å². The number of nitriles is 1. The summed E-state index contributed by atoms with van der Waals surface area (Å²) in [4.78, 5) is 4.64. The molecular formula is C25H16BrN3O2S. The van der Waals surface area contributed by atoms with Crippen molar-refractivity contribution in [3.63, 3.8) is 0 Å². The van der Waals surface area contributed by atoms with Gasteiger partial charge in [0.2, 0.25) is 0 Å². The van der Waals surface area contributed by atoms with Gasteiger partial charge in [-0.2, -0.15) is 5.26 Å². The van der Waals surface area contributed by atoms with Gasteiger partial charge in [-0.05, 0) is 24.3 Å². The van der Waals surface area contributed by atoms with E-state index in [0.717, 1.165) is 37.7 Å². The highest BCUT2D eigenvalue weighted by Gasteiger charge is 2.13. The summed E-state index contributed by atoms with van der Waals surface area (Å²) in [5.74, 6) is 0.659. The van der Waals surface area contributed by atoms with Crippen molar-refractivity contribution in [1.29, 1.82) is 5.26 Å². The zero-order valence-corrected chi connectivity index (χ0v) is 19.3. The van der Waals surface area contributed by atoms with Gasteiger partial charge in [0.1, 0.15) is 33.6 Å². The fraction of sp³-hybridized carbons (Fsp3) is 0.0400. The largest absolute Gasteiger partial charge is 0.495 e. The minimum absolute atomic E-state index is 0.433. The lowest BCUT2D eigenvalue weighted by molar-refractivity contribution is 0.417. The van der Waals surface area contributed by atoms with E-state index >= 15 is 0 Å². The zero-order valence-electron chi connectivity index (χ0n) is 16.9. The summed E-state index contributed by atoms with van der Waals surface area (Å²) >= 11 is 4.91. The molecule has 3 aromatic carbocycles. The molecular weight excluding hydrogens is 486 g/mol. The Balaban J connectivity index is 1.48. The molecule has 0 saturated heterocycles. The summed E-state index contributed by atoms with van der Waals surface area (Å²) in [5, 5.41) is 17.5. The molecule has 0 atom stereocenters. The van der Waals surface area contributed by atoms with Crippen molar-refractivity contribution in [3.05, 3.63) is 81.7 Å². The van der Waals surface area contributed by atoms with Crippen molar-refractivity contribution in [2.45, 2.75) is 0 Å². The highest BCUT2D eigenvalue weighted by molar-refractivity contribution is 9.10. The maximum absolute atomic E-state index is 9.73. The average molecular weight is 502 g/mol. The number of nitrogens with zero attached hydrogens (tertiary/aromatic N) is 2. The van der Waals surface area contributed by atoms with E-state index in [-0.39, 0.29) is 0 Å². The quantitative estimate of drug-likeness (QED) is 0.253. The summed E-state index contributed by atoms with van der Waals surface area (Å²) in [6.45, 7) is 0. The molecule has 7 heteroatoms. The monoisotopic (exact) mass is 501 g/mol. The molecule has 0 amide bonds. The predicted molar refractivity (Wildman–Crippen MR) is 133 cm³/mol. The number of para-hydroxylation sites is 1. The van der Waals surface area contributed by atoms with E-state index < -0.39 is 0 Å². The molecule has 156 valence electrons. The highest BCUT2D eigenvalue weighted by Crippen LogP contribution is 2.36. The SMILES string of the molecule is COc1cc2c(cc1N/C=C(\C#N)c1nc(-c3cccc(Br)c3)cs1)oc1ccccc12. The number of nitrogens with one attached hydrogen (secondary N) is 1. The fourth-order valence-electron chi connectivity index (χ4n) is 3.50. The second-order valence-corrected chi connectivity index (χ2v) is 8.78. The number of fused-ring (bicyclic) bond motifs is 3. The van der Waals surface area contributed by atoms with E-state index in [0.29, 0.717) is 22.0 Å². The first-order valence-corrected chi connectivity index (χ1v) is 11.4. The van der Waals surface area contributed by atoms with E-state index in [1.165, 1.54) is 11.3 Å². The second-order valence-electron chi connectivity index (χ2n) is 7.01. The summed E-state index contributed by atoms with van der Waals surface area (Å²) < 4.78 is 12.5. The number of thiazole rings is 1. The molecule has 0 aliphatic carbocycles. The van der Waals surface area contributed by atoms with Gasteiger partial charge in [-0.25, -0.2) is 4.98 Å². The van der Waals surface area contributed by atoms with Crippen LogP contribution in [0.3, 0.4) is 0 Å². The van der Waals surface area contributed by atoms with E-state index in [2.05, 4.69) is 32.3 Å². The summed E-state index contributed by atoms with van der Waals surface area (Å²) in [5.41, 5.74) is 4.52. The molecule has 0 aliphatic rings. The van der Waals surface area contributed by atoms with Gasteiger partial charge in [-0.15, -0.1) is 11.3 Å². The predicted octanol–water partition coefficient (Wildman–Crippen LogP) is 7.46. The van der Waals surface area contributed by atoms with E-state index in [9.17, 15) is 5.26 Å². The maximum atomic E-state index is 9.73. The Bertz CT molecular complexity index is 1530. The normalized spacial score (nSPS) is 11.6. The van der Waals surface area contributed by atoms with Crippen LogP contribution in [0.2, 0.25) is 0 Å². The van der Waals surface area contributed by atoms with Crippen LogP contribution in [-0.2, 0) is 0 Å². The molecule has 0 fully saturated rings. The number of allylic oxidation sites excluding steroid dienone is 1. The lowest BCUT2D eigenvalue weighted by atomic mass is 10.1.